The Morgan fingerprint density at radius 2 is 1.89 bits per heavy atom. The molecule has 1 unspecified atom stereocenters. The highest BCUT2D eigenvalue weighted by Gasteiger charge is 2.33. The Morgan fingerprint density at radius 1 is 1.22 bits per heavy atom. The lowest BCUT2D eigenvalue weighted by atomic mass is 9.88. The van der Waals surface area contributed by atoms with Gasteiger partial charge in [0.2, 0.25) is 0 Å². The maximum absolute atomic E-state index is 6.30. The minimum absolute atomic E-state index is 0.0220. The van der Waals surface area contributed by atoms with Gasteiger partial charge in [-0.25, -0.2) is 0 Å². The Morgan fingerprint density at radius 3 is 2.44 bits per heavy atom. The number of ether oxygens (including phenoxy) is 2. The quantitative estimate of drug-likeness (QED) is 0.583. The van der Waals surface area contributed by atoms with Crippen molar-refractivity contribution in [2.75, 3.05) is 11.5 Å². The van der Waals surface area contributed by atoms with Gasteiger partial charge >= 0.3 is 0 Å². The maximum atomic E-state index is 6.30. The third-order valence-electron chi connectivity index (χ3n) is 4.05. The summed E-state index contributed by atoms with van der Waals surface area (Å²) < 4.78 is 12.9. The molecule has 100 valence electrons. The second-order valence-electron chi connectivity index (χ2n) is 5.40. The van der Waals surface area contributed by atoms with Crippen LogP contribution in [0.1, 0.15) is 35.6 Å². The van der Waals surface area contributed by atoms with E-state index in [9.17, 15) is 0 Å². The third kappa shape index (κ3) is 2.10. The molecule has 1 atom stereocenters. The Labute approximate surface area is 123 Å². The number of benzene rings is 1. The van der Waals surface area contributed by atoms with Crippen LogP contribution in [0.5, 0.6) is 11.5 Å². The Kier molecular flexibility index (Phi) is 3.81. The highest BCUT2D eigenvalue weighted by Crippen LogP contribution is 2.43. The summed E-state index contributed by atoms with van der Waals surface area (Å²) in [5.74, 6) is 2.11. The van der Waals surface area contributed by atoms with Gasteiger partial charge in [-0.05, 0) is 57.2 Å². The SMILES string of the molecule is COc1c(C)c(C)c2c(c1C)CCC(C)(CI)O2. The zero-order chi connectivity index (χ0) is 13.5. The van der Waals surface area contributed by atoms with Gasteiger partial charge in [0.15, 0.2) is 0 Å². The third-order valence-corrected chi connectivity index (χ3v) is 5.66. The molecule has 0 aromatic heterocycles. The summed E-state index contributed by atoms with van der Waals surface area (Å²) in [7, 11) is 1.75. The lowest BCUT2D eigenvalue weighted by Gasteiger charge is -2.37. The van der Waals surface area contributed by atoms with Gasteiger partial charge in [0.25, 0.3) is 0 Å². The molecule has 1 aromatic rings. The van der Waals surface area contributed by atoms with Gasteiger partial charge < -0.3 is 9.47 Å². The van der Waals surface area contributed by atoms with E-state index in [1.165, 1.54) is 22.3 Å². The van der Waals surface area contributed by atoms with E-state index < -0.39 is 0 Å². The zero-order valence-corrected chi connectivity index (χ0v) is 14.0. The first-order valence-electron chi connectivity index (χ1n) is 6.35. The van der Waals surface area contributed by atoms with Crippen molar-refractivity contribution in [3.63, 3.8) is 0 Å². The van der Waals surface area contributed by atoms with Crippen molar-refractivity contribution in [2.45, 2.75) is 46.1 Å². The molecule has 1 heterocycles. The predicted octanol–water partition coefficient (Wildman–Crippen LogP) is 4.14. The van der Waals surface area contributed by atoms with Crippen molar-refractivity contribution >= 4 is 22.6 Å². The Balaban J connectivity index is 2.59. The molecule has 0 amide bonds. The van der Waals surface area contributed by atoms with Crippen LogP contribution in [-0.4, -0.2) is 17.1 Å². The van der Waals surface area contributed by atoms with E-state index >= 15 is 0 Å². The lowest BCUT2D eigenvalue weighted by molar-refractivity contribution is 0.0909. The van der Waals surface area contributed by atoms with Crippen molar-refractivity contribution in [3.05, 3.63) is 22.3 Å². The fourth-order valence-corrected chi connectivity index (χ4v) is 3.22. The van der Waals surface area contributed by atoms with Crippen LogP contribution in [0.3, 0.4) is 0 Å². The summed E-state index contributed by atoms with van der Waals surface area (Å²) in [4.78, 5) is 0. The van der Waals surface area contributed by atoms with E-state index in [2.05, 4.69) is 50.3 Å². The molecule has 1 aliphatic heterocycles. The van der Waals surface area contributed by atoms with Crippen LogP contribution < -0.4 is 9.47 Å². The van der Waals surface area contributed by atoms with E-state index in [4.69, 9.17) is 9.47 Å². The first-order valence-corrected chi connectivity index (χ1v) is 7.87. The van der Waals surface area contributed by atoms with E-state index in [0.717, 1.165) is 28.8 Å². The fraction of sp³-hybridized carbons (Fsp3) is 0.600. The van der Waals surface area contributed by atoms with Crippen LogP contribution in [0.4, 0.5) is 0 Å². The molecule has 2 nitrogen and oxygen atoms in total. The van der Waals surface area contributed by atoms with Gasteiger partial charge in [0.1, 0.15) is 17.1 Å². The van der Waals surface area contributed by atoms with Gasteiger partial charge in [0.05, 0.1) is 7.11 Å². The van der Waals surface area contributed by atoms with Gasteiger partial charge in [-0.1, -0.05) is 22.6 Å². The average Bonchev–Trinajstić information content (AvgIpc) is 2.37. The molecule has 1 aliphatic rings. The van der Waals surface area contributed by atoms with Crippen molar-refractivity contribution in [1.29, 1.82) is 0 Å². The van der Waals surface area contributed by atoms with Crippen molar-refractivity contribution in [1.82, 2.24) is 0 Å². The summed E-state index contributed by atoms with van der Waals surface area (Å²) in [6, 6.07) is 0. The number of halogens is 1. The molecule has 18 heavy (non-hydrogen) atoms. The summed E-state index contributed by atoms with van der Waals surface area (Å²) in [5.41, 5.74) is 4.98. The molecule has 0 saturated carbocycles. The van der Waals surface area contributed by atoms with E-state index in [1.54, 1.807) is 7.11 Å². The van der Waals surface area contributed by atoms with E-state index in [1.807, 2.05) is 0 Å². The Bertz CT molecular complexity index is 482. The minimum atomic E-state index is -0.0220. The summed E-state index contributed by atoms with van der Waals surface area (Å²) in [5, 5.41) is 0. The van der Waals surface area contributed by atoms with Crippen LogP contribution in [0.2, 0.25) is 0 Å². The van der Waals surface area contributed by atoms with Crippen molar-refractivity contribution < 1.29 is 9.47 Å². The van der Waals surface area contributed by atoms with Gasteiger partial charge in [-0.2, -0.15) is 0 Å². The number of rotatable bonds is 2. The minimum Gasteiger partial charge on any atom is -0.496 e. The van der Waals surface area contributed by atoms with Crippen molar-refractivity contribution in [3.8, 4) is 11.5 Å². The molecule has 1 aromatic carbocycles. The summed E-state index contributed by atoms with van der Waals surface area (Å²) in [6.45, 7) is 8.59. The predicted molar refractivity (Wildman–Crippen MR) is 83.4 cm³/mol. The summed E-state index contributed by atoms with van der Waals surface area (Å²) >= 11 is 2.42. The van der Waals surface area contributed by atoms with Gasteiger partial charge in [0, 0.05) is 9.99 Å². The lowest BCUT2D eigenvalue weighted by Crippen LogP contribution is -2.38. The largest absolute Gasteiger partial charge is 0.496 e. The number of hydrogen-bond donors (Lipinski definition) is 0. The fourth-order valence-electron chi connectivity index (χ4n) is 2.68. The maximum Gasteiger partial charge on any atom is 0.127 e. The van der Waals surface area contributed by atoms with Gasteiger partial charge in [-0.15, -0.1) is 0 Å². The Hall–Kier alpha value is -0.450. The number of alkyl halides is 1. The highest BCUT2D eigenvalue weighted by atomic mass is 127. The van der Waals surface area contributed by atoms with Crippen LogP contribution in [-0.2, 0) is 6.42 Å². The van der Waals surface area contributed by atoms with Crippen LogP contribution in [0.15, 0.2) is 0 Å². The van der Waals surface area contributed by atoms with Crippen LogP contribution in [0, 0.1) is 20.8 Å². The average molecular weight is 360 g/mol. The second-order valence-corrected chi connectivity index (χ2v) is 6.16. The highest BCUT2D eigenvalue weighted by molar-refractivity contribution is 14.1. The first-order chi connectivity index (χ1) is 8.43. The smallest absolute Gasteiger partial charge is 0.127 e. The zero-order valence-electron chi connectivity index (χ0n) is 11.8. The monoisotopic (exact) mass is 360 g/mol. The standard InChI is InChI=1S/C15H21IO2/c1-9-10(2)14-12(11(3)13(9)17-5)6-7-15(4,8-16)18-14/h6-8H2,1-5H3. The molecule has 0 spiro atoms. The van der Waals surface area contributed by atoms with Crippen LogP contribution >= 0.6 is 22.6 Å². The number of hydrogen-bond acceptors (Lipinski definition) is 2. The molecule has 0 radical (unpaired) electrons. The molecule has 2 rings (SSSR count). The molecule has 0 aliphatic carbocycles. The molecule has 0 fully saturated rings. The topological polar surface area (TPSA) is 18.5 Å². The first kappa shape index (κ1) is 14.0. The van der Waals surface area contributed by atoms with Gasteiger partial charge in [-0.3, -0.25) is 0 Å². The summed E-state index contributed by atoms with van der Waals surface area (Å²) in [6.07, 6.45) is 2.16. The molecule has 0 N–H and O–H groups in total. The second kappa shape index (κ2) is 4.91. The number of fused-ring (bicyclic) bond motifs is 1. The molecular formula is C15H21IO2. The normalized spacial score (nSPS) is 22.3. The molecular weight excluding hydrogens is 339 g/mol. The number of methoxy groups -OCH3 is 1. The van der Waals surface area contributed by atoms with E-state index in [-0.39, 0.29) is 5.60 Å². The van der Waals surface area contributed by atoms with Crippen LogP contribution in [0.25, 0.3) is 0 Å². The molecule has 0 saturated heterocycles. The molecule has 3 heteroatoms. The molecule has 0 bridgehead atoms. The van der Waals surface area contributed by atoms with E-state index in [0.29, 0.717) is 0 Å². The van der Waals surface area contributed by atoms with Crippen molar-refractivity contribution in [2.24, 2.45) is 0 Å².